The van der Waals surface area contributed by atoms with Gasteiger partial charge in [0.2, 0.25) is 0 Å². The Kier molecular flexibility index (Phi) is 3.11. The summed E-state index contributed by atoms with van der Waals surface area (Å²) in [6.07, 6.45) is 5.15. The molecule has 1 aliphatic rings. The van der Waals surface area contributed by atoms with Crippen molar-refractivity contribution in [2.24, 2.45) is 0 Å². The average molecular weight is 204 g/mol. The van der Waals surface area contributed by atoms with Crippen LogP contribution in [0.2, 0.25) is 0 Å². The first-order chi connectivity index (χ1) is 7.25. The van der Waals surface area contributed by atoms with E-state index in [9.17, 15) is 4.79 Å². The third kappa shape index (κ3) is 2.63. The van der Waals surface area contributed by atoms with Gasteiger partial charge in [0.05, 0.1) is 0 Å². The van der Waals surface area contributed by atoms with E-state index in [1.54, 1.807) is 0 Å². The van der Waals surface area contributed by atoms with Crippen molar-refractivity contribution >= 4 is 5.78 Å². The van der Waals surface area contributed by atoms with Crippen LogP contribution in [0.15, 0.2) is 18.5 Å². The molecule has 3 heteroatoms. The lowest BCUT2D eigenvalue weighted by molar-refractivity contribution is -0.121. The standard InChI is InChI=1S/C12H16N2O/c1-10-8-13-5-2-11(10)9-14-6-3-12(15)4-7-14/h2,5,8H,3-4,6-7,9H2,1H3. The van der Waals surface area contributed by atoms with E-state index in [0.717, 1.165) is 19.6 Å². The van der Waals surface area contributed by atoms with Crippen LogP contribution >= 0.6 is 0 Å². The molecule has 1 saturated heterocycles. The summed E-state index contributed by atoms with van der Waals surface area (Å²) in [6, 6.07) is 2.06. The predicted octanol–water partition coefficient (Wildman–Crippen LogP) is 1.55. The Hall–Kier alpha value is -1.22. The van der Waals surface area contributed by atoms with E-state index in [0.29, 0.717) is 18.6 Å². The molecule has 1 aromatic rings. The van der Waals surface area contributed by atoms with Crippen LogP contribution in [-0.2, 0) is 11.3 Å². The quantitative estimate of drug-likeness (QED) is 0.733. The number of ketones is 1. The molecule has 1 aromatic heterocycles. The summed E-state index contributed by atoms with van der Waals surface area (Å²) < 4.78 is 0. The Balaban J connectivity index is 1.97. The smallest absolute Gasteiger partial charge is 0.135 e. The molecule has 0 amide bonds. The predicted molar refractivity (Wildman–Crippen MR) is 58.5 cm³/mol. The zero-order chi connectivity index (χ0) is 10.7. The number of carbonyl (C=O) groups is 1. The number of rotatable bonds is 2. The molecule has 0 N–H and O–H groups in total. The lowest BCUT2D eigenvalue weighted by Gasteiger charge is -2.26. The van der Waals surface area contributed by atoms with Gasteiger partial charge in [-0.3, -0.25) is 14.7 Å². The summed E-state index contributed by atoms with van der Waals surface area (Å²) in [5, 5.41) is 0. The van der Waals surface area contributed by atoms with E-state index in [-0.39, 0.29) is 0 Å². The van der Waals surface area contributed by atoms with Crippen LogP contribution in [0, 0.1) is 6.92 Å². The maximum Gasteiger partial charge on any atom is 0.135 e. The van der Waals surface area contributed by atoms with E-state index in [4.69, 9.17) is 0 Å². The zero-order valence-corrected chi connectivity index (χ0v) is 9.07. The van der Waals surface area contributed by atoms with Crippen LogP contribution in [0.3, 0.4) is 0 Å². The number of pyridine rings is 1. The topological polar surface area (TPSA) is 33.2 Å². The summed E-state index contributed by atoms with van der Waals surface area (Å²) >= 11 is 0. The number of hydrogen-bond acceptors (Lipinski definition) is 3. The van der Waals surface area contributed by atoms with Gasteiger partial charge in [-0.05, 0) is 24.1 Å². The number of carbonyl (C=O) groups excluding carboxylic acids is 1. The van der Waals surface area contributed by atoms with Crippen molar-refractivity contribution in [1.82, 2.24) is 9.88 Å². The second-order valence-electron chi connectivity index (χ2n) is 4.12. The number of piperidine rings is 1. The molecule has 0 aromatic carbocycles. The van der Waals surface area contributed by atoms with Crippen LogP contribution in [0.5, 0.6) is 0 Å². The van der Waals surface area contributed by atoms with Crippen molar-refractivity contribution in [3.05, 3.63) is 29.6 Å². The Morgan fingerprint density at radius 1 is 1.40 bits per heavy atom. The fourth-order valence-corrected chi connectivity index (χ4v) is 1.88. The van der Waals surface area contributed by atoms with Crippen LogP contribution < -0.4 is 0 Å². The van der Waals surface area contributed by atoms with Crippen molar-refractivity contribution < 1.29 is 4.79 Å². The molecule has 0 bridgehead atoms. The molecule has 2 rings (SSSR count). The summed E-state index contributed by atoms with van der Waals surface area (Å²) in [4.78, 5) is 17.5. The molecule has 2 heterocycles. The number of likely N-dealkylation sites (tertiary alicyclic amines) is 1. The first kappa shape index (κ1) is 10.3. The number of aromatic nitrogens is 1. The number of hydrogen-bond donors (Lipinski definition) is 0. The summed E-state index contributed by atoms with van der Waals surface area (Å²) in [7, 11) is 0. The van der Waals surface area contributed by atoms with Gasteiger partial charge in [-0.1, -0.05) is 0 Å². The minimum Gasteiger partial charge on any atom is -0.300 e. The minimum absolute atomic E-state index is 0.401. The van der Waals surface area contributed by atoms with Gasteiger partial charge in [0, 0.05) is 44.9 Å². The SMILES string of the molecule is Cc1cnccc1CN1CCC(=O)CC1. The van der Waals surface area contributed by atoms with Crippen molar-refractivity contribution in [3.63, 3.8) is 0 Å². The van der Waals surface area contributed by atoms with E-state index < -0.39 is 0 Å². The largest absolute Gasteiger partial charge is 0.300 e. The molecule has 0 saturated carbocycles. The van der Waals surface area contributed by atoms with Gasteiger partial charge in [0.15, 0.2) is 0 Å². The summed E-state index contributed by atoms with van der Waals surface area (Å²) in [5.41, 5.74) is 2.55. The van der Waals surface area contributed by atoms with Crippen LogP contribution in [-0.4, -0.2) is 28.8 Å². The van der Waals surface area contributed by atoms with Crippen LogP contribution in [0.4, 0.5) is 0 Å². The van der Waals surface area contributed by atoms with Gasteiger partial charge >= 0.3 is 0 Å². The van der Waals surface area contributed by atoms with Gasteiger partial charge in [0.25, 0.3) is 0 Å². The fraction of sp³-hybridized carbons (Fsp3) is 0.500. The van der Waals surface area contributed by atoms with E-state index in [1.165, 1.54) is 11.1 Å². The molecule has 15 heavy (non-hydrogen) atoms. The van der Waals surface area contributed by atoms with Crippen molar-refractivity contribution in [2.75, 3.05) is 13.1 Å². The number of nitrogens with zero attached hydrogens (tertiary/aromatic N) is 2. The highest BCUT2D eigenvalue weighted by molar-refractivity contribution is 5.79. The molecule has 1 aliphatic heterocycles. The van der Waals surface area contributed by atoms with Crippen molar-refractivity contribution in [2.45, 2.75) is 26.3 Å². The average Bonchev–Trinajstić information content (AvgIpc) is 2.25. The Morgan fingerprint density at radius 3 is 2.80 bits per heavy atom. The van der Waals surface area contributed by atoms with Crippen molar-refractivity contribution in [1.29, 1.82) is 0 Å². The highest BCUT2D eigenvalue weighted by Crippen LogP contribution is 2.13. The molecular weight excluding hydrogens is 188 g/mol. The third-order valence-corrected chi connectivity index (χ3v) is 2.94. The second kappa shape index (κ2) is 4.53. The van der Waals surface area contributed by atoms with E-state index in [1.807, 2.05) is 12.4 Å². The Labute approximate surface area is 90.1 Å². The molecule has 0 spiro atoms. The molecule has 0 atom stereocenters. The van der Waals surface area contributed by atoms with Crippen LogP contribution in [0.1, 0.15) is 24.0 Å². The molecular formula is C12H16N2O. The Morgan fingerprint density at radius 2 is 2.13 bits per heavy atom. The highest BCUT2D eigenvalue weighted by Gasteiger charge is 2.16. The first-order valence-corrected chi connectivity index (χ1v) is 5.39. The molecule has 80 valence electrons. The summed E-state index contributed by atoms with van der Waals surface area (Å²) in [5.74, 6) is 0.401. The maximum absolute atomic E-state index is 11.1. The molecule has 3 nitrogen and oxygen atoms in total. The molecule has 0 unspecified atom stereocenters. The monoisotopic (exact) mass is 204 g/mol. The molecule has 0 radical (unpaired) electrons. The second-order valence-corrected chi connectivity index (χ2v) is 4.12. The molecule has 1 fully saturated rings. The zero-order valence-electron chi connectivity index (χ0n) is 9.07. The fourth-order valence-electron chi connectivity index (χ4n) is 1.88. The lowest BCUT2D eigenvalue weighted by Crippen LogP contribution is -2.33. The third-order valence-electron chi connectivity index (χ3n) is 2.94. The highest BCUT2D eigenvalue weighted by atomic mass is 16.1. The van der Waals surface area contributed by atoms with Gasteiger partial charge in [-0.2, -0.15) is 0 Å². The van der Waals surface area contributed by atoms with Gasteiger partial charge in [-0.25, -0.2) is 0 Å². The normalized spacial score (nSPS) is 18.1. The molecule has 0 aliphatic carbocycles. The Bertz CT molecular complexity index is 352. The lowest BCUT2D eigenvalue weighted by atomic mass is 10.1. The summed E-state index contributed by atoms with van der Waals surface area (Å²) in [6.45, 7) is 4.83. The number of aryl methyl sites for hydroxylation is 1. The van der Waals surface area contributed by atoms with Gasteiger partial charge < -0.3 is 0 Å². The van der Waals surface area contributed by atoms with E-state index in [2.05, 4.69) is 22.9 Å². The van der Waals surface area contributed by atoms with Gasteiger partial charge in [-0.15, -0.1) is 0 Å². The maximum atomic E-state index is 11.1. The van der Waals surface area contributed by atoms with Gasteiger partial charge in [0.1, 0.15) is 5.78 Å². The van der Waals surface area contributed by atoms with Crippen LogP contribution in [0.25, 0.3) is 0 Å². The minimum atomic E-state index is 0.401. The number of Topliss-reactive ketones (excluding diaryl/α,β-unsaturated/α-hetero) is 1. The van der Waals surface area contributed by atoms with Crippen molar-refractivity contribution in [3.8, 4) is 0 Å². The first-order valence-electron chi connectivity index (χ1n) is 5.39. The van der Waals surface area contributed by atoms with E-state index >= 15 is 0 Å².